The van der Waals surface area contributed by atoms with Crippen LogP contribution in [0.4, 0.5) is 0 Å². The van der Waals surface area contributed by atoms with Gasteiger partial charge in [0.2, 0.25) is 0 Å². The molecule has 0 bridgehead atoms. The molecular formula is C69H43GeN5S2. The monoisotopic (exact) mass is 1080 g/mol. The van der Waals surface area contributed by atoms with Gasteiger partial charge in [-0.2, -0.15) is 0 Å². The van der Waals surface area contributed by atoms with Crippen LogP contribution in [0, 0.1) is 0 Å². The molecule has 7 aromatic heterocycles. The van der Waals surface area contributed by atoms with Gasteiger partial charge in [-0.1, -0.05) is 48.5 Å². The fraction of sp³-hybridized carbons (Fsp3) is 0. The summed E-state index contributed by atoms with van der Waals surface area (Å²) in [5.74, 6) is 0. The van der Waals surface area contributed by atoms with Crippen molar-refractivity contribution in [2.75, 3.05) is 0 Å². The number of hydrogen-bond acceptors (Lipinski definition) is 5. The maximum atomic E-state index is 5.60. The van der Waals surface area contributed by atoms with Crippen molar-refractivity contribution in [3.63, 3.8) is 0 Å². The molecule has 0 saturated heterocycles. The average Bonchev–Trinajstić information content (AvgIpc) is 4.49. The maximum absolute atomic E-state index is 5.60. The standard InChI is InChI=1S/C69H43GeN5S2/c1-5-17-47(18-6-1)70(48-19-7-2-8-20-48,68-66-53(35-37-71-68)57-40-45(30-33-64(57)76-66)44-29-32-62-55(39-44)51-25-13-15-27-60(51)74(62)49-21-9-3-10-22-49)69-67-54(36-38-72-69)58-41-46(31-34-65(58)77-67)59-42-56-52-26-14-16-28-61(52)75(63(56)43-73-59)50-23-11-4-12-24-50/h1-43H. The number of fused-ring (bicyclic) bond motifs is 12. The van der Waals surface area contributed by atoms with E-state index in [2.05, 4.69) is 264 Å². The zero-order valence-corrected chi connectivity index (χ0v) is 45.1. The van der Waals surface area contributed by atoms with Crippen molar-refractivity contribution in [1.29, 1.82) is 0 Å². The summed E-state index contributed by atoms with van der Waals surface area (Å²) >= 11 is -0.409. The minimum absolute atomic E-state index is 0.949. The Morgan fingerprint density at radius 2 is 0.740 bits per heavy atom. The fourth-order valence-corrected chi connectivity index (χ4v) is 26.2. The Morgan fingerprint density at radius 3 is 1.30 bits per heavy atom. The number of pyridine rings is 3. The first-order chi connectivity index (χ1) is 38.2. The molecule has 0 spiro atoms. The number of aromatic nitrogens is 5. The van der Waals surface area contributed by atoms with Crippen molar-refractivity contribution in [3.05, 3.63) is 261 Å². The zero-order valence-electron chi connectivity index (χ0n) is 41.4. The molecular weight excluding hydrogens is 1040 g/mol. The van der Waals surface area contributed by atoms with Crippen molar-refractivity contribution >= 4 is 138 Å². The van der Waals surface area contributed by atoms with Crippen LogP contribution in [-0.4, -0.2) is 37.4 Å². The third-order valence-corrected chi connectivity index (χ3v) is 28.5. The smallest absolute Gasteiger partial charge is 0.0380 e. The second-order valence-electron chi connectivity index (χ2n) is 19.9. The molecule has 77 heavy (non-hydrogen) atoms. The Balaban J connectivity index is 0.878. The van der Waals surface area contributed by atoms with E-state index in [9.17, 15) is 0 Å². The van der Waals surface area contributed by atoms with E-state index in [4.69, 9.17) is 15.0 Å². The van der Waals surface area contributed by atoms with Crippen LogP contribution in [0.15, 0.2) is 261 Å². The van der Waals surface area contributed by atoms with Crippen LogP contribution >= 0.6 is 22.7 Å². The van der Waals surface area contributed by atoms with Gasteiger partial charge in [0.05, 0.1) is 0 Å². The molecule has 0 atom stereocenters. The SMILES string of the molecule is c1ccc(-n2c3ccccc3c3cc(-c4ccc5sc6[c]([Ge]([c]7ccccc7)([c]7ccccc7)[c]7nccc8c7sc7ccc(-c9cc%10c%11ccccc%11n(-c%11ccccc%11)c%10cn9)cc78)nccc6c5c4)ccc32)cc1. The molecule has 8 heteroatoms. The topological polar surface area (TPSA) is 48.5 Å². The molecule has 9 aromatic carbocycles. The van der Waals surface area contributed by atoms with Gasteiger partial charge in [0.15, 0.2) is 0 Å². The van der Waals surface area contributed by atoms with Crippen LogP contribution in [0.5, 0.6) is 0 Å². The third-order valence-electron chi connectivity index (χ3n) is 15.8. The van der Waals surface area contributed by atoms with Gasteiger partial charge in [-0.05, 0) is 24.3 Å². The Morgan fingerprint density at radius 1 is 0.312 bits per heavy atom. The Labute approximate surface area is 453 Å². The first-order valence-corrected chi connectivity index (χ1v) is 31.8. The van der Waals surface area contributed by atoms with Crippen molar-refractivity contribution < 1.29 is 0 Å². The molecule has 360 valence electrons. The molecule has 0 aliphatic heterocycles. The van der Waals surface area contributed by atoms with Crippen LogP contribution in [0.25, 0.3) is 118 Å². The van der Waals surface area contributed by atoms with Gasteiger partial charge in [-0.25, -0.2) is 0 Å². The molecule has 0 fully saturated rings. The molecule has 0 unspecified atom stereocenters. The third kappa shape index (κ3) is 6.74. The largest absolute Gasteiger partial charge is 0.0602 e. The van der Waals surface area contributed by atoms with Gasteiger partial charge in [0.25, 0.3) is 0 Å². The second-order valence-corrected chi connectivity index (χ2v) is 29.5. The summed E-state index contributed by atoms with van der Waals surface area (Å²) < 4.78 is 14.5. The minimum Gasteiger partial charge on any atom is -0.0602 e. The minimum atomic E-state index is -4.13. The number of para-hydroxylation sites is 4. The van der Waals surface area contributed by atoms with Crippen LogP contribution in [0.2, 0.25) is 0 Å². The summed E-state index contributed by atoms with van der Waals surface area (Å²) in [4.78, 5) is 16.4. The molecule has 0 aliphatic carbocycles. The van der Waals surface area contributed by atoms with E-state index >= 15 is 0 Å². The fourth-order valence-electron chi connectivity index (χ4n) is 12.4. The Hall–Kier alpha value is -8.99. The van der Waals surface area contributed by atoms with E-state index in [1.54, 1.807) is 0 Å². The van der Waals surface area contributed by atoms with Gasteiger partial charge >= 0.3 is 384 Å². The number of rotatable bonds is 8. The summed E-state index contributed by atoms with van der Waals surface area (Å²) in [6.07, 6.45) is 6.16. The van der Waals surface area contributed by atoms with Gasteiger partial charge in [-0.15, -0.1) is 0 Å². The molecule has 5 nitrogen and oxygen atoms in total. The van der Waals surface area contributed by atoms with E-state index in [1.165, 1.54) is 98.4 Å². The summed E-state index contributed by atoms with van der Waals surface area (Å²) in [5.41, 5.74) is 11.4. The summed E-state index contributed by atoms with van der Waals surface area (Å²) in [5, 5.41) is 9.77. The molecule has 16 rings (SSSR count). The van der Waals surface area contributed by atoms with Gasteiger partial charge < -0.3 is 0 Å². The van der Waals surface area contributed by atoms with Gasteiger partial charge in [0.1, 0.15) is 0 Å². The molecule has 0 N–H and O–H groups in total. The first kappa shape index (κ1) is 44.3. The number of benzene rings is 9. The van der Waals surface area contributed by atoms with Crippen LogP contribution in [-0.2, 0) is 0 Å². The number of thiophene rings is 2. The van der Waals surface area contributed by atoms with Crippen molar-refractivity contribution in [1.82, 2.24) is 24.1 Å². The van der Waals surface area contributed by atoms with Crippen LogP contribution in [0.3, 0.4) is 0 Å². The van der Waals surface area contributed by atoms with Crippen molar-refractivity contribution in [3.8, 4) is 33.8 Å². The second kappa shape index (κ2) is 17.5. The van der Waals surface area contributed by atoms with Gasteiger partial charge in [-0.3, -0.25) is 0 Å². The average molecular weight is 1080 g/mol. The van der Waals surface area contributed by atoms with Crippen LogP contribution in [0.1, 0.15) is 0 Å². The van der Waals surface area contributed by atoms with Crippen molar-refractivity contribution in [2.45, 2.75) is 0 Å². The van der Waals surface area contributed by atoms with E-state index in [-0.39, 0.29) is 0 Å². The zero-order chi connectivity index (χ0) is 50.6. The first-order valence-electron chi connectivity index (χ1n) is 26.0. The predicted octanol–water partition coefficient (Wildman–Crippen LogP) is 15.5. The normalized spacial score (nSPS) is 12.2. The molecule has 0 aliphatic rings. The molecule has 7 heterocycles. The Kier molecular flexibility index (Phi) is 10.1. The Bertz CT molecular complexity index is 4670. The molecule has 0 saturated carbocycles. The summed E-state index contributed by atoms with van der Waals surface area (Å²) in [6.45, 7) is 0. The maximum Gasteiger partial charge on any atom is -0.0380 e. The van der Waals surface area contributed by atoms with Crippen molar-refractivity contribution in [2.24, 2.45) is 0 Å². The summed E-state index contributed by atoms with van der Waals surface area (Å²) in [6, 6.07) is 88.7. The van der Waals surface area contributed by atoms with E-state index in [0.29, 0.717) is 0 Å². The summed E-state index contributed by atoms with van der Waals surface area (Å²) in [7, 11) is 0. The molecule has 16 aromatic rings. The van der Waals surface area contributed by atoms with Gasteiger partial charge in [0, 0.05) is 0 Å². The predicted molar refractivity (Wildman–Crippen MR) is 329 cm³/mol. The van der Waals surface area contributed by atoms with Crippen LogP contribution < -0.4 is 17.8 Å². The molecule has 0 radical (unpaired) electrons. The quantitative estimate of drug-likeness (QED) is 0.143. The number of hydrogen-bond donors (Lipinski definition) is 0. The van der Waals surface area contributed by atoms with E-state index in [1.807, 2.05) is 28.9 Å². The van der Waals surface area contributed by atoms with E-state index in [0.717, 1.165) is 37.2 Å². The molecule has 0 amide bonds. The number of nitrogens with zero attached hydrogens (tertiary/aromatic N) is 5. The van der Waals surface area contributed by atoms with E-state index < -0.39 is 13.3 Å².